The van der Waals surface area contributed by atoms with Crippen LogP contribution in [0.4, 0.5) is 0 Å². The molecule has 1 saturated heterocycles. The normalized spacial score (nSPS) is 44.7. The van der Waals surface area contributed by atoms with E-state index in [9.17, 15) is 19.5 Å². The van der Waals surface area contributed by atoms with Crippen molar-refractivity contribution in [2.24, 2.45) is 28.6 Å². The van der Waals surface area contributed by atoms with Gasteiger partial charge in [-0.15, -0.1) is 0 Å². The number of rotatable bonds is 3. The molecule has 7 atom stereocenters. The van der Waals surface area contributed by atoms with E-state index in [0.717, 1.165) is 37.7 Å². The zero-order valence-electron chi connectivity index (χ0n) is 18.6. The van der Waals surface area contributed by atoms with Crippen molar-refractivity contribution < 1.29 is 29.0 Å². The number of carbonyl (C=O) groups is 3. The Morgan fingerprint density at radius 3 is 2.68 bits per heavy atom. The first kappa shape index (κ1) is 21.1. The van der Waals surface area contributed by atoms with E-state index in [1.807, 2.05) is 0 Å². The van der Waals surface area contributed by atoms with E-state index in [-0.39, 0.29) is 40.2 Å². The van der Waals surface area contributed by atoms with Crippen LogP contribution in [-0.4, -0.2) is 41.6 Å². The number of fused-ring (bicyclic) bond motifs is 6. The van der Waals surface area contributed by atoms with Crippen LogP contribution in [0.5, 0.6) is 0 Å². The number of ketones is 2. The fourth-order valence-corrected chi connectivity index (χ4v) is 7.73. The number of allylic oxidation sites excluding steroid dienone is 4. The molecule has 1 aliphatic heterocycles. The van der Waals surface area contributed by atoms with Crippen molar-refractivity contribution in [3.8, 4) is 0 Å². The van der Waals surface area contributed by atoms with Gasteiger partial charge in [0.1, 0.15) is 5.60 Å². The molecule has 0 aromatic carbocycles. The Kier molecular flexibility index (Phi) is 4.66. The Bertz CT molecular complexity index is 917. The smallest absolute Gasteiger partial charge is 0.306 e. The minimum Gasteiger partial charge on any atom is -0.458 e. The Balaban J connectivity index is 1.63. The first-order valence-corrected chi connectivity index (χ1v) is 11.6. The van der Waals surface area contributed by atoms with Gasteiger partial charge in [-0.25, -0.2) is 0 Å². The molecule has 31 heavy (non-hydrogen) atoms. The van der Waals surface area contributed by atoms with Crippen molar-refractivity contribution in [2.45, 2.75) is 77.1 Å². The molecule has 1 heterocycles. The molecule has 0 radical (unpaired) electrons. The highest BCUT2D eigenvalue weighted by Crippen LogP contribution is 2.69. The quantitative estimate of drug-likeness (QED) is 0.422. The van der Waals surface area contributed by atoms with E-state index >= 15 is 0 Å². The summed E-state index contributed by atoms with van der Waals surface area (Å²) in [7, 11) is 1.34. The maximum absolute atomic E-state index is 13.3. The Morgan fingerprint density at radius 2 is 2.00 bits per heavy atom. The van der Waals surface area contributed by atoms with Crippen molar-refractivity contribution in [1.29, 1.82) is 0 Å². The molecular weight excluding hydrogens is 396 g/mol. The standard InChI is InChI=1S/C25H32O6/c1-23-8-4-15(26)12-14(23)13-16(21(28)22(29)30-3)20-17(23)5-9-24(2)18(20)6-10-25(24)11-7-19(27)31-25/h5,12,16,18,20,22,29H,4,6-11,13H2,1-3H3/t16-,18+,20-,22?,23+,24+,25-/m1/s1. The highest BCUT2D eigenvalue weighted by atomic mass is 16.6. The summed E-state index contributed by atoms with van der Waals surface area (Å²) < 4.78 is 11.0. The van der Waals surface area contributed by atoms with Gasteiger partial charge in [-0.05, 0) is 56.4 Å². The molecule has 1 N–H and O–H groups in total. The topological polar surface area (TPSA) is 89.9 Å². The largest absolute Gasteiger partial charge is 0.458 e. The van der Waals surface area contributed by atoms with E-state index in [1.165, 1.54) is 12.7 Å². The zero-order valence-corrected chi connectivity index (χ0v) is 18.6. The van der Waals surface area contributed by atoms with E-state index in [1.54, 1.807) is 6.08 Å². The van der Waals surface area contributed by atoms with Crippen LogP contribution in [0.25, 0.3) is 0 Å². The molecule has 6 heteroatoms. The van der Waals surface area contributed by atoms with E-state index in [2.05, 4.69) is 19.9 Å². The third-order valence-corrected chi connectivity index (χ3v) is 9.56. The highest BCUT2D eigenvalue weighted by Gasteiger charge is 2.67. The van der Waals surface area contributed by atoms with E-state index in [0.29, 0.717) is 19.3 Å². The zero-order chi connectivity index (χ0) is 22.2. The minimum atomic E-state index is -1.47. The van der Waals surface area contributed by atoms with Gasteiger partial charge in [-0.2, -0.15) is 0 Å². The number of ether oxygens (including phenoxy) is 2. The molecule has 1 spiro atoms. The summed E-state index contributed by atoms with van der Waals surface area (Å²) >= 11 is 0. The lowest BCUT2D eigenvalue weighted by Gasteiger charge is -2.57. The number of aliphatic hydroxyl groups excluding tert-OH is 1. The SMILES string of the molecule is COC(O)C(=O)[C@@H]1CC2=CC(=O)CC[C@]2(C)C2=CC[C@@]3(C)[C@@H](CC[C@@]34CCC(=O)O4)[C@@H]21. The molecule has 0 aromatic heterocycles. The van der Waals surface area contributed by atoms with Crippen molar-refractivity contribution >= 4 is 17.5 Å². The number of aliphatic hydroxyl groups is 1. The lowest BCUT2D eigenvalue weighted by molar-refractivity contribution is -0.165. The summed E-state index contributed by atoms with van der Waals surface area (Å²) in [6, 6.07) is 0. The van der Waals surface area contributed by atoms with Gasteiger partial charge < -0.3 is 14.6 Å². The van der Waals surface area contributed by atoms with Crippen molar-refractivity contribution in [2.75, 3.05) is 7.11 Å². The van der Waals surface area contributed by atoms with Crippen LogP contribution >= 0.6 is 0 Å². The van der Waals surface area contributed by atoms with Gasteiger partial charge in [0.05, 0.1) is 0 Å². The molecule has 2 saturated carbocycles. The first-order chi connectivity index (χ1) is 14.6. The van der Waals surface area contributed by atoms with Crippen LogP contribution in [-0.2, 0) is 23.9 Å². The van der Waals surface area contributed by atoms with Gasteiger partial charge in [0, 0.05) is 36.7 Å². The molecule has 3 fully saturated rings. The summed E-state index contributed by atoms with van der Waals surface area (Å²) in [5.41, 5.74) is 1.34. The van der Waals surface area contributed by atoms with Crippen LogP contribution in [0.15, 0.2) is 23.3 Å². The predicted octanol–water partition coefficient (Wildman–Crippen LogP) is 3.27. The molecular formula is C25H32O6. The van der Waals surface area contributed by atoms with Crippen LogP contribution < -0.4 is 0 Å². The summed E-state index contributed by atoms with van der Waals surface area (Å²) in [5.74, 6) is -0.608. The fourth-order valence-electron chi connectivity index (χ4n) is 7.73. The average molecular weight is 429 g/mol. The predicted molar refractivity (Wildman–Crippen MR) is 112 cm³/mol. The number of esters is 1. The molecule has 6 nitrogen and oxygen atoms in total. The van der Waals surface area contributed by atoms with Crippen LogP contribution in [0, 0.1) is 28.6 Å². The van der Waals surface area contributed by atoms with Gasteiger partial charge in [-0.1, -0.05) is 31.1 Å². The molecule has 1 unspecified atom stereocenters. The van der Waals surface area contributed by atoms with Gasteiger partial charge in [0.2, 0.25) is 6.29 Å². The number of hydrogen-bond donors (Lipinski definition) is 1. The van der Waals surface area contributed by atoms with E-state index < -0.39 is 17.8 Å². The number of Topliss-reactive ketones (excluding diaryl/α,β-unsaturated/α-hetero) is 1. The summed E-state index contributed by atoms with van der Waals surface area (Å²) in [6.45, 7) is 4.43. The molecule has 168 valence electrons. The number of methoxy groups -OCH3 is 1. The molecule has 5 rings (SSSR count). The van der Waals surface area contributed by atoms with E-state index in [4.69, 9.17) is 9.47 Å². The van der Waals surface area contributed by atoms with Gasteiger partial charge in [0.25, 0.3) is 0 Å². The first-order valence-electron chi connectivity index (χ1n) is 11.6. The van der Waals surface area contributed by atoms with Gasteiger partial charge >= 0.3 is 5.97 Å². The van der Waals surface area contributed by atoms with Crippen molar-refractivity contribution in [3.05, 3.63) is 23.3 Å². The molecule has 0 amide bonds. The summed E-state index contributed by atoms with van der Waals surface area (Å²) in [4.78, 5) is 37.6. The minimum absolute atomic E-state index is 0.0370. The second-order valence-corrected chi connectivity index (χ2v) is 10.7. The number of carbonyl (C=O) groups excluding carboxylic acids is 3. The molecule has 5 aliphatic rings. The second kappa shape index (κ2) is 6.85. The lowest BCUT2D eigenvalue weighted by atomic mass is 9.47. The second-order valence-electron chi connectivity index (χ2n) is 10.7. The van der Waals surface area contributed by atoms with Crippen molar-refractivity contribution in [3.63, 3.8) is 0 Å². The molecule has 0 bridgehead atoms. The van der Waals surface area contributed by atoms with Crippen LogP contribution in [0.3, 0.4) is 0 Å². The van der Waals surface area contributed by atoms with Crippen molar-refractivity contribution in [1.82, 2.24) is 0 Å². The maximum Gasteiger partial charge on any atom is 0.306 e. The van der Waals surface area contributed by atoms with Gasteiger partial charge in [0.15, 0.2) is 11.6 Å². The van der Waals surface area contributed by atoms with Crippen LogP contribution in [0.2, 0.25) is 0 Å². The summed E-state index contributed by atoms with van der Waals surface area (Å²) in [5, 5.41) is 10.3. The monoisotopic (exact) mass is 428 g/mol. The highest BCUT2D eigenvalue weighted by molar-refractivity contribution is 5.93. The number of hydrogen-bond acceptors (Lipinski definition) is 6. The third-order valence-electron chi connectivity index (χ3n) is 9.56. The third kappa shape index (κ3) is 2.73. The van der Waals surface area contributed by atoms with Crippen LogP contribution in [0.1, 0.15) is 65.2 Å². The maximum atomic E-state index is 13.3. The Hall–Kier alpha value is -1.79. The Labute approximate surface area is 183 Å². The van der Waals surface area contributed by atoms with Gasteiger partial charge in [-0.3, -0.25) is 14.4 Å². The lowest BCUT2D eigenvalue weighted by Crippen LogP contribution is -2.54. The fraction of sp³-hybridized carbons (Fsp3) is 0.720. The molecule has 0 aromatic rings. The molecule has 4 aliphatic carbocycles. The average Bonchev–Trinajstić information content (AvgIpc) is 3.27. The summed E-state index contributed by atoms with van der Waals surface area (Å²) in [6.07, 6.45) is 8.03. The Morgan fingerprint density at radius 1 is 1.23 bits per heavy atom.